The number of anilines is 3. The smallest absolute Gasteiger partial charge is 0.0575 e. The Balaban J connectivity index is 1.01. The van der Waals surface area contributed by atoms with Gasteiger partial charge in [0.25, 0.3) is 0 Å². The van der Waals surface area contributed by atoms with Crippen molar-refractivity contribution in [3.8, 4) is 17.1 Å². The minimum absolute atomic E-state index is 0.382. The number of nitrogens with zero attached hydrogens (tertiary/aromatic N) is 4. The predicted octanol–water partition coefficient (Wildman–Crippen LogP) is 17.8. The summed E-state index contributed by atoms with van der Waals surface area (Å²) in [5.41, 5.74) is 18.1. The maximum Gasteiger partial charge on any atom is 0.0575 e. The van der Waals surface area contributed by atoms with E-state index in [1.54, 1.807) is 0 Å². The predicted molar refractivity (Wildman–Crippen MR) is 286 cm³/mol. The molecule has 4 nitrogen and oxygen atoms in total. The molecule has 326 valence electrons. The average molecular weight is 867 g/mol. The first-order chi connectivity index (χ1) is 32.7. The number of fused-ring (bicyclic) bond motifs is 9. The van der Waals surface area contributed by atoms with Crippen molar-refractivity contribution < 1.29 is 0 Å². The van der Waals surface area contributed by atoms with E-state index in [1.165, 1.54) is 82.1 Å². The van der Waals surface area contributed by atoms with Crippen molar-refractivity contribution in [2.24, 2.45) is 0 Å². The van der Waals surface area contributed by atoms with Crippen LogP contribution in [0.25, 0.3) is 82.5 Å². The number of hydrogen-bond donors (Lipinski definition) is 0. The van der Waals surface area contributed by atoms with E-state index in [0.29, 0.717) is 17.8 Å². The van der Waals surface area contributed by atoms with Crippen molar-refractivity contribution in [3.05, 3.63) is 217 Å². The summed E-state index contributed by atoms with van der Waals surface area (Å²) in [6.45, 7) is 13.7. The van der Waals surface area contributed by atoms with Crippen LogP contribution >= 0.6 is 0 Å². The fourth-order valence-corrected chi connectivity index (χ4v) is 10.7. The van der Waals surface area contributed by atoms with Crippen LogP contribution in [0, 0.1) is 0 Å². The Kier molecular flexibility index (Phi) is 9.69. The van der Waals surface area contributed by atoms with E-state index in [4.69, 9.17) is 0 Å². The van der Waals surface area contributed by atoms with Crippen LogP contribution in [0.3, 0.4) is 0 Å². The molecule has 0 saturated heterocycles. The van der Waals surface area contributed by atoms with E-state index < -0.39 is 0 Å². The molecule has 9 aromatic carbocycles. The molecule has 3 aromatic heterocycles. The first kappa shape index (κ1) is 40.7. The molecule has 0 saturated carbocycles. The van der Waals surface area contributed by atoms with E-state index in [2.05, 4.69) is 260 Å². The molecule has 0 fully saturated rings. The third-order valence-corrected chi connectivity index (χ3v) is 14.2. The fraction of sp³-hybridized carbons (Fsp3) is 0.143. The fourth-order valence-electron chi connectivity index (χ4n) is 10.7. The molecule has 12 rings (SSSR count). The molecule has 0 bridgehead atoms. The summed E-state index contributed by atoms with van der Waals surface area (Å²) in [6.07, 6.45) is 0. The van der Waals surface area contributed by atoms with Crippen molar-refractivity contribution in [1.29, 1.82) is 0 Å². The number of hydrogen-bond acceptors (Lipinski definition) is 1. The summed E-state index contributed by atoms with van der Waals surface area (Å²) in [4.78, 5) is 2.40. The van der Waals surface area contributed by atoms with Gasteiger partial charge in [-0.3, -0.25) is 0 Å². The molecule has 12 aromatic rings. The Labute approximate surface area is 392 Å². The van der Waals surface area contributed by atoms with Gasteiger partial charge >= 0.3 is 0 Å². The van der Waals surface area contributed by atoms with E-state index in [-0.39, 0.29) is 0 Å². The maximum absolute atomic E-state index is 2.46. The molecule has 0 amide bonds. The van der Waals surface area contributed by atoms with E-state index in [1.807, 2.05) is 0 Å². The van der Waals surface area contributed by atoms with E-state index in [9.17, 15) is 0 Å². The van der Waals surface area contributed by atoms with Gasteiger partial charge in [-0.15, -0.1) is 0 Å². The molecule has 0 radical (unpaired) electrons. The van der Waals surface area contributed by atoms with Crippen molar-refractivity contribution >= 4 is 82.5 Å². The molecule has 0 aliphatic carbocycles. The summed E-state index contributed by atoms with van der Waals surface area (Å²) < 4.78 is 7.33. The van der Waals surface area contributed by atoms with Gasteiger partial charge in [0.1, 0.15) is 0 Å². The lowest BCUT2D eigenvalue weighted by molar-refractivity contribution is 0.868. The quantitative estimate of drug-likeness (QED) is 0.141. The van der Waals surface area contributed by atoms with Gasteiger partial charge in [-0.1, -0.05) is 139 Å². The average Bonchev–Trinajstić information content (AvgIpc) is 4.00. The molecule has 0 atom stereocenters. The van der Waals surface area contributed by atoms with E-state index in [0.717, 1.165) is 34.1 Å². The zero-order valence-corrected chi connectivity index (χ0v) is 39.1. The van der Waals surface area contributed by atoms with Crippen LogP contribution in [0.5, 0.6) is 0 Å². The number of benzene rings is 9. The topological polar surface area (TPSA) is 18.0 Å². The molecule has 4 heteroatoms. The van der Waals surface area contributed by atoms with Crippen molar-refractivity contribution in [1.82, 2.24) is 13.7 Å². The Bertz CT molecular complexity index is 3650. The Morgan fingerprint density at radius 3 is 1.07 bits per heavy atom. The van der Waals surface area contributed by atoms with Gasteiger partial charge in [-0.05, 0) is 138 Å². The van der Waals surface area contributed by atoms with Crippen LogP contribution < -0.4 is 4.90 Å². The lowest BCUT2D eigenvalue weighted by Crippen LogP contribution is -2.10. The molecule has 0 spiro atoms. The highest BCUT2D eigenvalue weighted by atomic mass is 15.1. The van der Waals surface area contributed by atoms with Gasteiger partial charge in [0, 0.05) is 66.4 Å². The molecular weight excluding hydrogens is 813 g/mol. The van der Waals surface area contributed by atoms with Gasteiger partial charge < -0.3 is 18.6 Å². The van der Waals surface area contributed by atoms with Gasteiger partial charge in [0.2, 0.25) is 0 Å². The molecule has 0 aliphatic heterocycles. The highest BCUT2D eigenvalue weighted by Gasteiger charge is 2.21. The third-order valence-electron chi connectivity index (χ3n) is 14.2. The lowest BCUT2D eigenvalue weighted by atomic mass is 10.00. The Hall–Kier alpha value is -7.82. The summed E-state index contributed by atoms with van der Waals surface area (Å²) in [5.74, 6) is 1.25. The summed E-state index contributed by atoms with van der Waals surface area (Å²) in [6, 6.07) is 74.6. The van der Waals surface area contributed by atoms with Crippen LogP contribution in [-0.2, 0) is 0 Å². The van der Waals surface area contributed by atoms with Gasteiger partial charge in [-0.25, -0.2) is 0 Å². The zero-order valence-electron chi connectivity index (χ0n) is 39.1. The Morgan fingerprint density at radius 2 is 0.657 bits per heavy atom. The van der Waals surface area contributed by atoms with Crippen LogP contribution in [0.2, 0.25) is 0 Å². The Morgan fingerprint density at radius 1 is 0.299 bits per heavy atom. The van der Waals surface area contributed by atoms with Gasteiger partial charge in [-0.2, -0.15) is 0 Å². The molecule has 67 heavy (non-hydrogen) atoms. The SMILES string of the molecule is CC(C)c1ccc2c3ccccc3n(-c3ccc(N(c4ccc(-n5c6ccccc6c6ccc(C(C)C)cc65)cc4)c4ccc(-n5c6ccccc6c6cccc(C(C)C)c65)cc4)cc3)c2c1. The number of aromatic nitrogens is 3. The molecule has 3 heterocycles. The zero-order chi connectivity index (χ0) is 45.5. The van der Waals surface area contributed by atoms with Crippen LogP contribution in [0.1, 0.15) is 76.0 Å². The van der Waals surface area contributed by atoms with Crippen LogP contribution in [0.4, 0.5) is 17.1 Å². The molecule has 0 aliphatic rings. The largest absolute Gasteiger partial charge is 0.310 e. The maximum atomic E-state index is 2.46. The standard InChI is InChI=1S/C63H54N4/c1-40(2)43-22-36-55-52-14-7-10-19-58(52)65(61(55)38-43)48-30-24-45(25-31-48)64(46-26-32-49(33-27-46)66-59-20-11-8-15-53(59)56-37-23-44(41(3)4)39-62(56)66)47-28-34-50(35-29-47)67-60-21-12-9-16-54(60)57-18-13-17-51(42(5)6)63(57)67/h7-42H,1-6H3. The normalized spacial score (nSPS) is 12.1. The lowest BCUT2D eigenvalue weighted by Gasteiger charge is -2.26. The molecule has 0 unspecified atom stereocenters. The number of rotatable bonds is 9. The third kappa shape index (κ3) is 6.57. The molecular formula is C63H54N4. The van der Waals surface area contributed by atoms with Crippen molar-refractivity contribution in [3.63, 3.8) is 0 Å². The summed E-state index contributed by atoms with van der Waals surface area (Å²) in [7, 11) is 0. The van der Waals surface area contributed by atoms with Crippen molar-refractivity contribution in [2.45, 2.75) is 59.3 Å². The van der Waals surface area contributed by atoms with E-state index >= 15 is 0 Å². The second-order valence-electron chi connectivity index (χ2n) is 19.2. The minimum Gasteiger partial charge on any atom is -0.310 e. The summed E-state index contributed by atoms with van der Waals surface area (Å²) in [5, 5.41) is 7.66. The first-order valence-electron chi connectivity index (χ1n) is 23.9. The van der Waals surface area contributed by atoms with Crippen molar-refractivity contribution in [2.75, 3.05) is 4.90 Å². The van der Waals surface area contributed by atoms with Crippen LogP contribution in [-0.4, -0.2) is 13.7 Å². The summed E-state index contributed by atoms with van der Waals surface area (Å²) >= 11 is 0. The minimum atomic E-state index is 0.382. The second kappa shape index (κ2) is 16.0. The van der Waals surface area contributed by atoms with Crippen LogP contribution in [0.15, 0.2) is 200 Å². The number of para-hydroxylation sites is 4. The highest BCUT2D eigenvalue weighted by Crippen LogP contribution is 2.42. The van der Waals surface area contributed by atoms with Gasteiger partial charge in [0.05, 0.1) is 33.1 Å². The van der Waals surface area contributed by atoms with Gasteiger partial charge in [0.15, 0.2) is 0 Å². The first-order valence-corrected chi connectivity index (χ1v) is 23.9. The molecule has 0 N–H and O–H groups in total. The highest BCUT2D eigenvalue weighted by molar-refractivity contribution is 6.12. The second-order valence-corrected chi connectivity index (χ2v) is 19.2. The monoisotopic (exact) mass is 866 g/mol.